The molecule has 1 aliphatic heterocycles. The van der Waals surface area contributed by atoms with E-state index in [-0.39, 0.29) is 24.2 Å². The Morgan fingerprint density at radius 3 is 3.04 bits per heavy atom. The Balaban J connectivity index is 1.77. The highest BCUT2D eigenvalue weighted by Crippen LogP contribution is 2.23. The van der Waals surface area contributed by atoms with Crippen LogP contribution in [0.4, 0.5) is 4.39 Å². The monoisotopic (exact) mass is 318 g/mol. The van der Waals surface area contributed by atoms with Crippen molar-refractivity contribution >= 4 is 5.91 Å². The number of morpholine rings is 1. The Labute approximate surface area is 134 Å². The fraction of sp³-hybridized carbons (Fsp3) is 0.412. The number of hydrogen-bond acceptors (Lipinski definition) is 4. The highest BCUT2D eigenvalue weighted by molar-refractivity contribution is 5.79. The van der Waals surface area contributed by atoms with E-state index in [9.17, 15) is 9.18 Å². The number of nitrogens with zero attached hydrogens (tertiary/aromatic N) is 2. The molecule has 0 spiro atoms. The van der Waals surface area contributed by atoms with E-state index in [4.69, 9.17) is 9.15 Å². The number of halogens is 1. The van der Waals surface area contributed by atoms with Gasteiger partial charge in [-0.3, -0.25) is 4.79 Å². The van der Waals surface area contributed by atoms with Gasteiger partial charge in [-0.15, -0.1) is 0 Å². The number of ether oxygens (including phenoxy) is 1. The zero-order valence-electron chi connectivity index (χ0n) is 13.2. The number of oxazole rings is 1. The molecule has 5 nitrogen and oxygen atoms in total. The lowest BCUT2D eigenvalue weighted by molar-refractivity contribution is -0.138. The van der Waals surface area contributed by atoms with E-state index in [0.29, 0.717) is 42.7 Å². The summed E-state index contributed by atoms with van der Waals surface area (Å²) in [6.07, 6.45) is 0.176. The minimum atomic E-state index is -0.349. The van der Waals surface area contributed by atoms with Gasteiger partial charge in [-0.25, -0.2) is 9.37 Å². The van der Waals surface area contributed by atoms with Crippen molar-refractivity contribution in [3.8, 4) is 11.5 Å². The number of hydrogen-bond donors (Lipinski definition) is 0. The van der Waals surface area contributed by atoms with Crippen molar-refractivity contribution in [2.24, 2.45) is 0 Å². The smallest absolute Gasteiger partial charge is 0.229 e. The molecule has 122 valence electrons. The maximum Gasteiger partial charge on any atom is 0.229 e. The molecule has 6 heteroatoms. The van der Waals surface area contributed by atoms with Crippen LogP contribution in [0.2, 0.25) is 0 Å². The summed E-state index contributed by atoms with van der Waals surface area (Å²) in [7, 11) is 0. The first-order valence-corrected chi connectivity index (χ1v) is 7.64. The lowest BCUT2D eigenvalue weighted by Gasteiger charge is -2.33. The van der Waals surface area contributed by atoms with Gasteiger partial charge in [-0.05, 0) is 32.0 Å². The molecule has 1 aliphatic rings. The number of aryl methyl sites for hydroxylation is 1. The number of carbonyl (C=O) groups excluding carboxylic acids is 1. The molecule has 3 rings (SSSR count). The van der Waals surface area contributed by atoms with Crippen LogP contribution < -0.4 is 0 Å². The van der Waals surface area contributed by atoms with Gasteiger partial charge in [0.25, 0.3) is 0 Å². The van der Waals surface area contributed by atoms with Crippen LogP contribution in [0.25, 0.3) is 11.5 Å². The molecular formula is C17H19FN2O3. The minimum Gasteiger partial charge on any atom is -0.441 e. The van der Waals surface area contributed by atoms with E-state index in [1.165, 1.54) is 12.1 Å². The maximum atomic E-state index is 13.3. The van der Waals surface area contributed by atoms with Gasteiger partial charge < -0.3 is 14.1 Å². The second-order valence-corrected chi connectivity index (χ2v) is 5.72. The molecule has 0 bridgehead atoms. The molecule has 1 fully saturated rings. The summed E-state index contributed by atoms with van der Waals surface area (Å²) in [5.41, 5.74) is 1.15. The third-order valence-electron chi connectivity index (χ3n) is 3.97. The van der Waals surface area contributed by atoms with Crippen molar-refractivity contribution in [2.75, 3.05) is 19.8 Å². The average molecular weight is 318 g/mol. The van der Waals surface area contributed by atoms with Crippen molar-refractivity contribution in [3.05, 3.63) is 41.5 Å². The number of carbonyl (C=O) groups is 1. The van der Waals surface area contributed by atoms with Crippen LogP contribution in [0, 0.1) is 12.7 Å². The van der Waals surface area contributed by atoms with Crippen LogP contribution in [-0.4, -0.2) is 41.6 Å². The molecule has 2 aromatic rings. The molecule has 1 aromatic carbocycles. The van der Waals surface area contributed by atoms with Crippen molar-refractivity contribution in [3.63, 3.8) is 0 Å². The zero-order chi connectivity index (χ0) is 16.4. The highest BCUT2D eigenvalue weighted by atomic mass is 19.1. The normalized spacial score (nSPS) is 18.2. The molecule has 0 saturated carbocycles. The fourth-order valence-electron chi connectivity index (χ4n) is 2.68. The van der Waals surface area contributed by atoms with Crippen LogP contribution in [-0.2, 0) is 16.0 Å². The number of aromatic nitrogens is 1. The maximum absolute atomic E-state index is 13.3. The standard InChI is InChI=1S/C17H19FN2O3/c1-11-10-22-7-6-20(11)16(21)9-15-12(2)23-17(19-15)13-4-3-5-14(18)8-13/h3-5,8,11H,6-7,9-10H2,1-2H3. The summed E-state index contributed by atoms with van der Waals surface area (Å²) >= 11 is 0. The van der Waals surface area contributed by atoms with E-state index in [1.807, 2.05) is 6.92 Å². The van der Waals surface area contributed by atoms with E-state index in [0.717, 1.165) is 0 Å². The van der Waals surface area contributed by atoms with Gasteiger partial charge in [-0.2, -0.15) is 0 Å². The van der Waals surface area contributed by atoms with Crippen LogP contribution in [0.1, 0.15) is 18.4 Å². The molecule has 1 unspecified atom stereocenters. The predicted molar refractivity (Wildman–Crippen MR) is 82.3 cm³/mol. The molecule has 0 aliphatic carbocycles. The van der Waals surface area contributed by atoms with Gasteiger partial charge in [0.05, 0.1) is 31.4 Å². The number of amides is 1. The molecule has 1 aromatic heterocycles. The van der Waals surface area contributed by atoms with Gasteiger partial charge in [-0.1, -0.05) is 6.07 Å². The summed E-state index contributed by atoms with van der Waals surface area (Å²) in [6.45, 7) is 5.43. The van der Waals surface area contributed by atoms with Gasteiger partial charge >= 0.3 is 0 Å². The van der Waals surface area contributed by atoms with Crippen molar-refractivity contribution < 1.29 is 18.3 Å². The number of benzene rings is 1. The van der Waals surface area contributed by atoms with Crippen molar-refractivity contribution in [2.45, 2.75) is 26.3 Å². The Kier molecular flexibility index (Phi) is 4.43. The molecule has 0 radical (unpaired) electrons. The first-order chi connectivity index (χ1) is 11.0. The lowest BCUT2D eigenvalue weighted by Crippen LogP contribution is -2.47. The molecular weight excluding hydrogens is 299 g/mol. The molecule has 1 saturated heterocycles. The largest absolute Gasteiger partial charge is 0.441 e. The highest BCUT2D eigenvalue weighted by Gasteiger charge is 2.25. The second-order valence-electron chi connectivity index (χ2n) is 5.72. The van der Waals surface area contributed by atoms with Crippen LogP contribution in [0.3, 0.4) is 0 Å². The Bertz CT molecular complexity index is 714. The van der Waals surface area contributed by atoms with E-state index >= 15 is 0 Å². The molecule has 23 heavy (non-hydrogen) atoms. The topological polar surface area (TPSA) is 55.6 Å². The average Bonchev–Trinajstić information content (AvgIpc) is 2.89. The van der Waals surface area contributed by atoms with Crippen LogP contribution in [0.5, 0.6) is 0 Å². The summed E-state index contributed by atoms with van der Waals surface area (Å²) in [5.74, 6) is 0.569. The molecule has 0 N–H and O–H groups in total. The predicted octanol–water partition coefficient (Wildman–Crippen LogP) is 2.58. The van der Waals surface area contributed by atoms with Crippen molar-refractivity contribution in [1.82, 2.24) is 9.88 Å². The SMILES string of the molecule is Cc1oc(-c2cccc(F)c2)nc1CC(=O)N1CCOCC1C. The summed E-state index contributed by atoms with van der Waals surface area (Å²) in [4.78, 5) is 18.6. The first kappa shape index (κ1) is 15.7. The third-order valence-corrected chi connectivity index (χ3v) is 3.97. The fourth-order valence-corrected chi connectivity index (χ4v) is 2.68. The van der Waals surface area contributed by atoms with E-state index < -0.39 is 0 Å². The summed E-state index contributed by atoms with van der Waals surface area (Å²) in [6, 6.07) is 6.12. The Hall–Kier alpha value is -2.21. The van der Waals surface area contributed by atoms with Gasteiger partial charge in [0.15, 0.2) is 0 Å². The van der Waals surface area contributed by atoms with Gasteiger partial charge in [0, 0.05) is 12.1 Å². The van der Waals surface area contributed by atoms with Crippen LogP contribution in [0.15, 0.2) is 28.7 Å². The zero-order valence-corrected chi connectivity index (χ0v) is 13.2. The molecule has 1 atom stereocenters. The number of rotatable bonds is 3. The first-order valence-electron chi connectivity index (χ1n) is 7.64. The molecule has 1 amide bonds. The van der Waals surface area contributed by atoms with Crippen molar-refractivity contribution in [1.29, 1.82) is 0 Å². The third kappa shape index (κ3) is 3.42. The van der Waals surface area contributed by atoms with Gasteiger partial charge in [0.2, 0.25) is 11.8 Å². The van der Waals surface area contributed by atoms with E-state index in [2.05, 4.69) is 4.98 Å². The Morgan fingerprint density at radius 2 is 2.30 bits per heavy atom. The summed E-state index contributed by atoms with van der Waals surface area (Å²) in [5, 5.41) is 0. The lowest BCUT2D eigenvalue weighted by atomic mass is 10.2. The van der Waals surface area contributed by atoms with Crippen LogP contribution >= 0.6 is 0 Å². The minimum absolute atomic E-state index is 0.00277. The van der Waals surface area contributed by atoms with Gasteiger partial charge in [0.1, 0.15) is 11.6 Å². The molecule has 2 heterocycles. The summed E-state index contributed by atoms with van der Waals surface area (Å²) < 4.78 is 24.3. The van der Waals surface area contributed by atoms with E-state index in [1.54, 1.807) is 24.0 Å². The quantitative estimate of drug-likeness (QED) is 0.873. The Morgan fingerprint density at radius 1 is 1.48 bits per heavy atom. The second kappa shape index (κ2) is 6.50.